The van der Waals surface area contributed by atoms with Gasteiger partial charge in [0.05, 0.1) is 0 Å². The van der Waals surface area contributed by atoms with E-state index < -0.39 is 6.04 Å². The molecule has 2 aromatic rings. The number of benzene rings is 1. The Kier molecular flexibility index (Phi) is 5.46. The maximum Gasteiger partial charge on any atom is 0.246 e. The zero-order chi connectivity index (χ0) is 14.7. The molecule has 1 fully saturated rings. The minimum Gasteiger partial charge on any atom is -0.354 e. The molecule has 0 aliphatic carbocycles. The van der Waals surface area contributed by atoms with E-state index in [1.54, 1.807) is 6.92 Å². The largest absolute Gasteiger partial charge is 0.354 e. The summed E-state index contributed by atoms with van der Waals surface area (Å²) in [5.74, 6) is 0.974. The second-order valence-electron chi connectivity index (χ2n) is 5.24. The number of halogens is 1. The van der Waals surface area contributed by atoms with Crippen molar-refractivity contribution in [3.8, 4) is 11.4 Å². The molecule has 7 nitrogen and oxygen atoms in total. The van der Waals surface area contributed by atoms with Crippen LogP contribution in [0.25, 0.3) is 11.4 Å². The van der Waals surface area contributed by atoms with E-state index in [4.69, 9.17) is 0 Å². The Morgan fingerprint density at radius 1 is 1.41 bits per heavy atom. The summed E-state index contributed by atoms with van der Waals surface area (Å²) in [5.41, 5.74) is 0.886. The molecule has 2 N–H and O–H groups in total. The highest BCUT2D eigenvalue weighted by atomic mass is 35.5. The fourth-order valence-corrected chi connectivity index (χ4v) is 2.08. The first-order valence-electron chi connectivity index (χ1n) is 7.07. The highest BCUT2D eigenvalue weighted by Crippen LogP contribution is 2.13. The van der Waals surface area contributed by atoms with Gasteiger partial charge >= 0.3 is 0 Å². The summed E-state index contributed by atoms with van der Waals surface area (Å²) in [5, 5.41) is 18.4. The van der Waals surface area contributed by atoms with E-state index in [1.807, 2.05) is 30.3 Å². The molecule has 1 amide bonds. The van der Waals surface area contributed by atoms with Gasteiger partial charge in [0.2, 0.25) is 11.7 Å². The summed E-state index contributed by atoms with van der Waals surface area (Å²) in [6.45, 7) is 4.39. The van der Waals surface area contributed by atoms with Gasteiger partial charge in [-0.15, -0.1) is 22.6 Å². The summed E-state index contributed by atoms with van der Waals surface area (Å²) in [4.78, 5) is 13.4. The lowest BCUT2D eigenvalue weighted by Crippen LogP contribution is -2.49. The van der Waals surface area contributed by atoms with E-state index in [2.05, 4.69) is 26.0 Å². The lowest BCUT2D eigenvalue weighted by atomic mass is 10.0. The quantitative estimate of drug-likeness (QED) is 0.844. The molecule has 1 aliphatic heterocycles. The number of carbonyl (C=O) groups is 1. The van der Waals surface area contributed by atoms with Crippen molar-refractivity contribution in [2.24, 2.45) is 5.92 Å². The number of nitrogens with one attached hydrogen (secondary N) is 2. The lowest BCUT2D eigenvalue weighted by molar-refractivity contribution is -0.124. The molecule has 1 unspecified atom stereocenters. The molecule has 8 heteroatoms. The van der Waals surface area contributed by atoms with Gasteiger partial charge in [-0.05, 0) is 12.1 Å². The van der Waals surface area contributed by atoms with Crippen molar-refractivity contribution in [2.45, 2.75) is 13.0 Å². The van der Waals surface area contributed by atoms with Crippen molar-refractivity contribution >= 4 is 18.3 Å². The van der Waals surface area contributed by atoms with E-state index in [-0.39, 0.29) is 18.3 Å². The number of carbonyl (C=O) groups excluding carboxylic acids is 1. The summed E-state index contributed by atoms with van der Waals surface area (Å²) < 4.78 is 0. The van der Waals surface area contributed by atoms with Gasteiger partial charge in [0, 0.05) is 31.1 Å². The van der Waals surface area contributed by atoms with E-state index in [1.165, 1.54) is 4.80 Å². The Labute approximate surface area is 134 Å². The zero-order valence-corrected chi connectivity index (χ0v) is 13.1. The summed E-state index contributed by atoms with van der Waals surface area (Å²) >= 11 is 0. The van der Waals surface area contributed by atoms with Crippen LogP contribution in [0.3, 0.4) is 0 Å². The molecule has 3 rings (SSSR count). The third-order valence-electron chi connectivity index (χ3n) is 3.62. The number of aromatic nitrogens is 4. The van der Waals surface area contributed by atoms with Gasteiger partial charge in [-0.1, -0.05) is 30.3 Å². The van der Waals surface area contributed by atoms with Crippen LogP contribution < -0.4 is 10.6 Å². The molecular formula is C14H19ClN6O. The van der Waals surface area contributed by atoms with Crippen LogP contribution in [0, 0.1) is 5.92 Å². The molecule has 0 bridgehead atoms. The van der Waals surface area contributed by atoms with Crippen LogP contribution in [-0.4, -0.2) is 45.7 Å². The first-order valence-corrected chi connectivity index (χ1v) is 7.07. The molecule has 22 heavy (non-hydrogen) atoms. The Balaban J connectivity index is 0.00000176. The number of rotatable bonds is 5. The fourth-order valence-electron chi connectivity index (χ4n) is 2.08. The van der Waals surface area contributed by atoms with Gasteiger partial charge in [-0.3, -0.25) is 4.79 Å². The smallest absolute Gasteiger partial charge is 0.246 e. The Bertz CT molecular complexity index is 613. The van der Waals surface area contributed by atoms with Gasteiger partial charge in [0.15, 0.2) is 0 Å². The Morgan fingerprint density at radius 2 is 2.14 bits per heavy atom. The number of nitrogens with zero attached hydrogens (tertiary/aromatic N) is 4. The SMILES string of the molecule is CC(C(=O)NCC1CNC1)n1nnc(-c2ccccc2)n1.Cl. The second-order valence-corrected chi connectivity index (χ2v) is 5.24. The molecule has 2 heterocycles. The Hall–Kier alpha value is -1.99. The maximum atomic E-state index is 12.1. The summed E-state index contributed by atoms with van der Waals surface area (Å²) in [7, 11) is 0. The zero-order valence-electron chi connectivity index (χ0n) is 12.3. The standard InChI is InChI=1S/C14H18N6O.ClH/c1-10(14(21)16-9-11-7-15-8-11)20-18-13(17-19-20)12-5-3-2-4-6-12;/h2-6,10-11,15H,7-9H2,1H3,(H,16,21);1H. The van der Waals surface area contributed by atoms with Crippen molar-refractivity contribution in [2.75, 3.05) is 19.6 Å². The average molecular weight is 323 g/mol. The predicted octanol–water partition coefficient (Wildman–Crippen LogP) is 0.658. The highest BCUT2D eigenvalue weighted by molar-refractivity contribution is 5.85. The van der Waals surface area contributed by atoms with Crippen molar-refractivity contribution in [1.29, 1.82) is 0 Å². The molecule has 0 spiro atoms. The first-order chi connectivity index (χ1) is 10.2. The van der Waals surface area contributed by atoms with E-state index in [0.717, 1.165) is 18.7 Å². The van der Waals surface area contributed by atoms with Crippen LogP contribution in [0.2, 0.25) is 0 Å². The molecule has 1 atom stereocenters. The second kappa shape index (κ2) is 7.33. The summed E-state index contributed by atoms with van der Waals surface area (Å²) in [6, 6.07) is 9.12. The van der Waals surface area contributed by atoms with Gasteiger partial charge in [-0.25, -0.2) is 0 Å². The van der Waals surface area contributed by atoms with Crippen LogP contribution in [0.1, 0.15) is 13.0 Å². The average Bonchev–Trinajstić information content (AvgIpc) is 2.95. The third-order valence-corrected chi connectivity index (χ3v) is 3.62. The van der Waals surface area contributed by atoms with Crippen LogP contribution >= 0.6 is 12.4 Å². The Morgan fingerprint density at radius 3 is 2.77 bits per heavy atom. The van der Waals surface area contributed by atoms with Crippen molar-refractivity contribution in [3.63, 3.8) is 0 Å². The molecule has 1 aromatic heterocycles. The predicted molar refractivity (Wildman–Crippen MR) is 84.6 cm³/mol. The van der Waals surface area contributed by atoms with E-state index >= 15 is 0 Å². The minimum atomic E-state index is -0.469. The lowest BCUT2D eigenvalue weighted by Gasteiger charge is -2.27. The molecule has 1 aliphatic rings. The van der Waals surface area contributed by atoms with Crippen LogP contribution in [0.5, 0.6) is 0 Å². The molecule has 0 saturated carbocycles. The van der Waals surface area contributed by atoms with Crippen molar-refractivity contribution < 1.29 is 4.79 Å². The van der Waals surface area contributed by atoms with Crippen molar-refractivity contribution in [3.05, 3.63) is 30.3 Å². The van der Waals surface area contributed by atoms with Gasteiger partial charge in [0.25, 0.3) is 0 Å². The summed E-state index contributed by atoms with van der Waals surface area (Å²) in [6.07, 6.45) is 0. The number of tetrazole rings is 1. The third kappa shape index (κ3) is 3.61. The van der Waals surface area contributed by atoms with Gasteiger partial charge < -0.3 is 10.6 Å². The van der Waals surface area contributed by atoms with E-state index in [0.29, 0.717) is 18.3 Å². The number of hydrogen-bond acceptors (Lipinski definition) is 5. The van der Waals surface area contributed by atoms with Gasteiger partial charge in [-0.2, -0.15) is 4.80 Å². The molecule has 0 radical (unpaired) electrons. The highest BCUT2D eigenvalue weighted by Gasteiger charge is 2.22. The maximum absolute atomic E-state index is 12.1. The first kappa shape index (κ1) is 16.4. The molecule has 1 saturated heterocycles. The fraction of sp³-hybridized carbons (Fsp3) is 0.429. The topological polar surface area (TPSA) is 84.7 Å². The molecule has 118 valence electrons. The van der Waals surface area contributed by atoms with Crippen LogP contribution in [0.4, 0.5) is 0 Å². The molecule has 1 aromatic carbocycles. The van der Waals surface area contributed by atoms with Crippen molar-refractivity contribution in [1.82, 2.24) is 30.8 Å². The van der Waals surface area contributed by atoms with Crippen LogP contribution in [-0.2, 0) is 4.79 Å². The van der Waals surface area contributed by atoms with Crippen LogP contribution in [0.15, 0.2) is 30.3 Å². The van der Waals surface area contributed by atoms with Gasteiger partial charge in [0.1, 0.15) is 6.04 Å². The number of hydrogen-bond donors (Lipinski definition) is 2. The molecular weight excluding hydrogens is 304 g/mol. The normalized spacial score (nSPS) is 15.5. The number of amides is 1. The monoisotopic (exact) mass is 322 g/mol. The van der Waals surface area contributed by atoms with E-state index in [9.17, 15) is 4.79 Å². The minimum absolute atomic E-state index is 0.